The third kappa shape index (κ3) is 3.43. The minimum atomic E-state index is 0.629. The van der Waals surface area contributed by atoms with Crippen LogP contribution in [0.2, 0.25) is 0 Å². The van der Waals surface area contributed by atoms with Gasteiger partial charge in [0.05, 0.1) is 0 Å². The van der Waals surface area contributed by atoms with Crippen LogP contribution in [0, 0.1) is 0 Å². The maximum absolute atomic E-state index is 4.53. The van der Waals surface area contributed by atoms with E-state index in [-0.39, 0.29) is 0 Å². The summed E-state index contributed by atoms with van der Waals surface area (Å²) >= 11 is 1.78. The first-order valence-electron chi connectivity index (χ1n) is 8.86. The Labute approximate surface area is 142 Å². The van der Waals surface area contributed by atoms with Crippen LogP contribution in [-0.4, -0.2) is 30.2 Å². The van der Waals surface area contributed by atoms with Crippen LogP contribution in [0.3, 0.4) is 0 Å². The average Bonchev–Trinajstić information content (AvgIpc) is 3.24. The Morgan fingerprint density at radius 3 is 2.74 bits per heavy atom. The van der Waals surface area contributed by atoms with Crippen molar-refractivity contribution in [3.05, 3.63) is 47.0 Å². The number of hydrogen-bond donors (Lipinski definition) is 1. The Balaban J connectivity index is 1.29. The molecule has 0 saturated carbocycles. The van der Waals surface area contributed by atoms with Gasteiger partial charge in [0.15, 0.2) is 5.13 Å². The van der Waals surface area contributed by atoms with Crippen LogP contribution in [0.25, 0.3) is 0 Å². The molecule has 2 aromatic rings. The molecule has 1 saturated heterocycles. The van der Waals surface area contributed by atoms with E-state index in [2.05, 4.69) is 44.8 Å². The van der Waals surface area contributed by atoms with Gasteiger partial charge in [-0.25, -0.2) is 4.98 Å². The third-order valence-electron chi connectivity index (χ3n) is 5.25. The summed E-state index contributed by atoms with van der Waals surface area (Å²) in [6, 6.07) is 10.2. The van der Waals surface area contributed by atoms with Crippen LogP contribution in [-0.2, 0) is 12.8 Å². The van der Waals surface area contributed by atoms with E-state index in [1.165, 1.54) is 61.3 Å². The molecule has 4 heteroatoms. The first kappa shape index (κ1) is 15.2. The number of rotatable bonds is 5. The molecule has 4 rings (SSSR count). The van der Waals surface area contributed by atoms with Gasteiger partial charge in [-0.15, -0.1) is 11.3 Å². The second kappa shape index (κ2) is 7.02. The van der Waals surface area contributed by atoms with Gasteiger partial charge in [0, 0.05) is 30.2 Å². The highest BCUT2D eigenvalue weighted by atomic mass is 32.1. The van der Waals surface area contributed by atoms with Crippen LogP contribution in [0.15, 0.2) is 35.8 Å². The number of nitrogens with one attached hydrogen (secondary N) is 1. The van der Waals surface area contributed by atoms with Crippen molar-refractivity contribution in [1.29, 1.82) is 0 Å². The molecule has 0 radical (unpaired) electrons. The first-order valence-corrected chi connectivity index (χ1v) is 9.74. The van der Waals surface area contributed by atoms with E-state index in [4.69, 9.17) is 0 Å². The van der Waals surface area contributed by atoms with Crippen molar-refractivity contribution in [2.75, 3.05) is 18.0 Å². The van der Waals surface area contributed by atoms with Crippen molar-refractivity contribution in [3.63, 3.8) is 0 Å². The van der Waals surface area contributed by atoms with E-state index < -0.39 is 0 Å². The van der Waals surface area contributed by atoms with E-state index in [9.17, 15) is 0 Å². The van der Waals surface area contributed by atoms with Crippen LogP contribution < -0.4 is 10.2 Å². The van der Waals surface area contributed by atoms with Gasteiger partial charge in [-0.05, 0) is 56.2 Å². The molecule has 1 aromatic carbocycles. The standard InChI is InChI=1S/C19H25N3S/c1-2-6-16-14-17(13-15(16)5-1)20-9-8-18-7-3-4-11-22(18)19-21-10-12-23-19/h1-2,5-6,10,12,17-18,20H,3-4,7-9,11,13-14H2/t18-/m0/s1. The summed E-state index contributed by atoms with van der Waals surface area (Å²) in [7, 11) is 0. The molecule has 1 N–H and O–H groups in total. The SMILES string of the molecule is c1ccc2c(c1)CC(NCC[C@@H]1CCCCN1c1nccs1)C2. The van der Waals surface area contributed by atoms with Crippen LogP contribution in [0.1, 0.15) is 36.8 Å². The number of aromatic nitrogens is 1. The number of thiazole rings is 1. The fraction of sp³-hybridized carbons (Fsp3) is 0.526. The van der Waals surface area contributed by atoms with Gasteiger partial charge in [0.1, 0.15) is 0 Å². The second-order valence-electron chi connectivity index (χ2n) is 6.77. The minimum Gasteiger partial charge on any atom is -0.345 e. The smallest absolute Gasteiger partial charge is 0.185 e. The van der Waals surface area contributed by atoms with E-state index >= 15 is 0 Å². The molecule has 0 spiro atoms. The van der Waals surface area contributed by atoms with Gasteiger partial charge in [-0.1, -0.05) is 24.3 Å². The zero-order chi connectivity index (χ0) is 15.5. The largest absolute Gasteiger partial charge is 0.345 e. The van der Waals surface area contributed by atoms with Gasteiger partial charge in [-0.2, -0.15) is 0 Å². The summed E-state index contributed by atoms with van der Waals surface area (Å²) in [5.41, 5.74) is 3.07. The van der Waals surface area contributed by atoms with Crippen molar-refractivity contribution >= 4 is 16.5 Å². The van der Waals surface area contributed by atoms with Crippen LogP contribution in [0.4, 0.5) is 5.13 Å². The van der Waals surface area contributed by atoms with Gasteiger partial charge in [0.25, 0.3) is 0 Å². The molecular formula is C19H25N3S. The molecule has 0 unspecified atom stereocenters. The van der Waals surface area contributed by atoms with E-state index in [1.807, 2.05) is 6.20 Å². The van der Waals surface area contributed by atoms with Crippen molar-refractivity contribution in [2.24, 2.45) is 0 Å². The lowest BCUT2D eigenvalue weighted by Gasteiger charge is -2.36. The van der Waals surface area contributed by atoms with Crippen LogP contribution in [0.5, 0.6) is 0 Å². The van der Waals surface area contributed by atoms with E-state index in [1.54, 1.807) is 11.3 Å². The predicted octanol–water partition coefficient (Wildman–Crippen LogP) is 3.65. The Hall–Kier alpha value is -1.39. The summed E-state index contributed by atoms with van der Waals surface area (Å²) in [5, 5.41) is 7.10. The minimum absolute atomic E-state index is 0.629. The van der Waals surface area contributed by atoms with Gasteiger partial charge in [-0.3, -0.25) is 0 Å². The van der Waals surface area contributed by atoms with Crippen molar-refractivity contribution in [3.8, 4) is 0 Å². The number of piperidine rings is 1. The molecule has 3 nitrogen and oxygen atoms in total. The zero-order valence-corrected chi connectivity index (χ0v) is 14.4. The molecule has 23 heavy (non-hydrogen) atoms. The highest BCUT2D eigenvalue weighted by Crippen LogP contribution is 2.28. The lowest BCUT2D eigenvalue weighted by atomic mass is 10.00. The van der Waals surface area contributed by atoms with E-state index in [0.29, 0.717) is 12.1 Å². The van der Waals surface area contributed by atoms with Crippen LogP contribution >= 0.6 is 11.3 Å². The molecule has 2 aliphatic rings. The van der Waals surface area contributed by atoms with Gasteiger partial charge >= 0.3 is 0 Å². The molecule has 1 fully saturated rings. The Kier molecular flexibility index (Phi) is 4.62. The fourth-order valence-corrected chi connectivity index (χ4v) is 4.81. The van der Waals surface area contributed by atoms with Crippen molar-refractivity contribution in [1.82, 2.24) is 10.3 Å². The molecule has 1 aliphatic heterocycles. The highest BCUT2D eigenvalue weighted by Gasteiger charge is 2.25. The Bertz CT molecular complexity index is 600. The number of nitrogens with zero attached hydrogens (tertiary/aromatic N) is 2. The fourth-order valence-electron chi connectivity index (χ4n) is 4.07. The summed E-state index contributed by atoms with van der Waals surface area (Å²) in [4.78, 5) is 7.07. The monoisotopic (exact) mass is 327 g/mol. The first-order chi connectivity index (χ1) is 11.4. The molecule has 2 heterocycles. The summed E-state index contributed by atoms with van der Waals surface area (Å²) in [6.45, 7) is 2.29. The molecular weight excluding hydrogens is 302 g/mol. The molecule has 0 bridgehead atoms. The molecule has 1 atom stereocenters. The quantitative estimate of drug-likeness (QED) is 0.908. The van der Waals surface area contributed by atoms with Crippen molar-refractivity contribution < 1.29 is 0 Å². The zero-order valence-electron chi connectivity index (χ0n) is 13.6. The normalized spacial score (nSPS) is 21.6. The lowest BCUT2D eigenvalue weighted by Crippen LogP contribution is -2.42. The molecule has 1 aromatic heterocycles. The number of benzene rings is 1. The molecule has 0 amide bonds. The summed E-state index contributed by atoms with van der Waals surface area (Å²) in [6.07, 6.45) is 9.52. The Morgan fingerprint density at radius 2 is 2.00 bits per heavy atom. The maximum Gasteiger partial charge on any atom is 0.185 e. The highest BCUT2D eigenvalue weighted by molar-refractivity contribution is 7.13. The Morgan fingerprint density at radius 1 is 1.17 bits per heavy atom. The third-order valence-corrected chi connectivity index (χ3v) is 6.06. The molecule has 1 aliphatic carbocycles. The van der Waals surface area contributed by atoms with E-state index in [0.717, 1.165) is 6.54 Å². The van der Waals surface area contributed by atoms with Gasteiger partial charge < -0.3 is 10.2 Å². The average molecular weight is 327 g/mol. The maximum atomic E-state index is 4.53. The number of anilines is 1. The van der Waals surface area contributed by atoms with Crippen molar-refractivity contribution in [2.45, 2.75) is 50.6 Å². The molecule has 122 valence electrons. The number of fused-ring (bicyclic) bond motifs is 1. The number of hydrogen-bond acceptors (Lipinski definition) is 4. The summed E-state index contributed by atoms with van der Waals surface area (Å²) < 4.78 is 0. The lowest BCUT2D eigenvalue weighted by molar-refractivity contribution is 0.413. The summed E-state index contributed by atoms with van der Waals surface area (Å²) in [5.74, 6) is 0. The van der Waals surface area contributed by atoms with Gasteiger partial charge in [0.2, 0.25) is 0 Å². The second-order valence-corrected chi connectivity index (χ2v) is 7.65. The predicted molar refractivity (Wildman–Crippen MR) is 97.4 cm³/mol. The topological polar surface area (TPSA) is 28.2 Å².